The predicted octanol–water partition coefficient (Wildman–Crippen LogP) is 1.63. The molecule has 0 bridgehead atoms. The zero-order valence-electron chi connectivity index (χ0n) is 11.3. The number of carbonyl (C=O) groups excluding carboxylic acids is 1. The summed E-state index contributed by atoms with van der Waals surface area (Å²) in [6.07, 6.45) is 3.72. The smallest absolute Gasteiger partial charge is 0.357 e. The highest BCUT2D eigenvalue weighted by molar-refractivity contribution is 5.87. The van der Waals surface area contributed by atoms with Gasteiger partial charge >= 0.3 is 5.97 Å². The molecule has 2 heterocycles. The highest BCUT2D eigenvalue weighted by atomic mass is 16.5. The first-order valence-electron chi connectivity index (χ1n) is 6.54. The average molecular weight is 265 g/mol. The van der Waals surface area contributed by atoms with Gasteiger partial charge in [-0.25, -0.2) is 14.8 Å². The van der Waals surface area contributed by atoms with Crippen molar-refractivity contribution in [1.82, 2.24) is 9.97 Å². The fourth-order valence-electron chi connectivity index (χ4n) is 1.84. The van der Waals surface area contributed by atoms with E-state index in [4.69, 9.17) is 9.47 Å². The number of carbonyl (C=O) groups is 1. The summed E-state index contributed by atoms with van der Waals surface area (Å²) in [5.41, 5.74) is 0.263. The van der Waals surface area contributed by atoms with Gasteiger partial charge < -0.3 is 14.8 Å². The molecular weight excluding hydrogens is 246 g/mol. The lowest BCUT2D eigenvalue weighted by molar-refractivity contribution is 0.0371. The predicted molar refractivity (Wildman–Crippen MR) is 70.0 cm³/mol. The summed E-state index contributed by atoms with van der Waals surface area (Å²) in [5.74, 6) is -0.00808. The first-order valence-corrected chi connectivity index (χ1v) is 6.54. The van der Waals surface area contributed by atoms with Crippen molar-refractivity contribution >= 4 is 11.9 Å². The van der Waals surface area contributed by atoms with Gasteiger partial charge in [-0.3, -0.25) is 0 Å². The Bertz CT molecular complexity index is 431. The molecule has 0 radical (unpaired) electrons. The zero-order chi connectivity index (χ0) is 13.7. The molecule has 1 unspecified atom stereocenters. The van der Waals surface area contributed by atoms with E-state index < -0.39 is 5.97 Å². The minimum atomic E-state index is -0.433. The molecule has 1 aliphatic heterocycles. The van der Waals surface area contributed by atoms with Crippen LogP contribution in [0.25, 0.3) is 0 Å². The van der Waals surface area contributed by atoms with E-state index in [0.29, 0.717) is 12.5 Å². The van der Waals surface area contributed by atoms with Crippen LogP contribution in [0.15, 0.2) is 12.3 Å². The number of esters is 1. The Hall–Kier alpha value is -1.69. The largest absolute Gasteiger partial charge is 0.458 e. The first-order chi connectivity index (χ1) is 9.15. The van der Waals surface area contributed by atoms with Gasteiger partial charge in [0.15, 0.2) is 5.69 Å². The Morgan fingerprint density at radius 1 is 1.63 bits per heavy atom. The number of ether oxygens (including phenoxy) is 2. The highest BCUT2D eigenvalue weighted by Crippen LogP contribution is 2.12. The molecule has 1 fully saturated rings. The van der Waals surface area contributed by atoms with Crippen molar-refractivity contribution in [1.29, 1.82) is 0 Å². The van der Waals surface area contributed by atoms with Gasteiger partial charge in [-0.15, -0.1) is 0 Å². The third kappa shape index (κ3) is 4.17. The van der Waals surface area contributed by atoms with Crippen LogP contribution in [0.2, 0.25) is 0 Å². The Morgan fingerprint density at radius 3 is 3.16 bits per heavy atom. The zero-order valence-corrected chi connectivity index (χ0v) is 11.3. The van der Waals surface area contributed by atoms with Gasteiger partial charge in [0, 0.05) is 19.3 Å². The van der Waals surface area contributed by atoms with Gasteiger partial charge in [-0.1, -0.05) is 0 Å². The maximum Gasteiger partial charge on any atom is 0.357 e. The van der Waals surface area contributed by atoms with E-state index in [1.807, 2.05) is 0 Å². The van der Waals surface area contributed by atoms with Crippen LogP contribution in [0.5, 0.6) is 0 Å². The van der Waals surface area contributed by atoms with Gasteiger partial charge in [0.2, 0.25) is 5.95 Å². The molecule has 1 aromatic heterocycles. The summed E-state index contributed by atoms with van der Waals surface area (Å²) in [6.45, 7) is 5.07. The Labute approximate surface area is 112 Å². The minimum absolute atomic E-state index is 0.161. The van der Waals surface area contributed by atoms with Crippen LogP contribution in [0.3, 0.4) is 0 Å². The molecule has 0 amide bonds. The molecule has 1 atom stereocenters. The van der Waals surface area contributed by atoms with Crippen molar-refractivity contribution in [3.63, 3.8) is 0 Å². The molecule has 0 aromatic carbocycles. The SMILES string of the molecule is CC(C)OC(=O)c1ccnc(NCC2CCCO2)n1. The number of rotatable bonds is 5. The summed E-state index contributed by atoms with van der Waals surface area (Å²) in [7, 11) is 0. The van der Waals surface area contributed by atoms with Crippen molar-refractivity contribution in [2.24, 2.45) is 0 Å². The van der Waals surface area contributed by atoms with Crippen LogP contribution in [0, 0.1) is 0 Å². The summed E-state index contributed by atoms with van der Waals surface area (Å²) in [4.78, 5) is 19.9. The maximum atomic E-state index is 11.7. The van der Waals surface area contributed by atoms with Crippen molar-refractivity contribution in [3.8, 4) is 0 Å². The quantitative estimate of drug-likeness (QED) is 0.816. The fraction of sp³-hybridized carbons (Fsp3) is 0.615. The molecule has 1 aromatic rings. The lowest BCUT2D eigenvalue weighted by atomic mass is 10.2. The Kier molecular flexibility index (Phi) is 4.68. The molecule has 0 aliphatic carbocycles. The van der Waals surface area contributed by atoms with Crippen LogP contribution < -0.4 is 5.32 Å². The topological polar surface area (TPSA) is 73.3 Å². The molecule has 0 saturated carbocycles. The number of nitrogens with one attached hydrogen (secondary N) is 1. The van der Waals surface area contributed by atoms with Gasteiger partial charge in [-0.2, -0.15) is 0 Å². The van der Waals surface area contributed by atoms with E-state index >= 15 is 0 Å². The van der Waals surface area contributed by atoms with Crippen LogP contribution in [0.4, 0.5) is 5.95 Å². The second-order valence-corrected chi connectivity index (χ2v) is 4.74. The average Bonchev–Trinajstić information content (AvgIpc) is 2.89. The highest BCUT2D eigenvalue weighted by Gasteiger charge is 2.16. The van der Waals surface area contributed by atoms with Crippen molar-refractivity contribution < 1.29 is 14.3 Å². The lowest BCUT2D eigenvalue weighted by Gasteiger charge is -2.11. The van der Waals surface area contributed by atoms with Crippen molar-refractivity contribution in [3.05, 3.63) is 18.0 Å². The van der Waals surface area contributed by atoms with E-state index in [0.717, 1.165) is 19.4 Å². The maximum absolute atomic E-state index is 11.7. The third-order valence-electron chi connectivity index (χ3n) is 2.72. The molecule has 1 saturated heterocycles. The monoisotopic (exact) mass is 265 g/mol. The molecule has 1 N–H and O–H groups in total. The molecule has 2 rings (SSSR count). The summed E-state index contributed by atoms with van der Waals surface area (Å²) >= 11 is 0. The van der Waals surface area contributed by atoms with E-state index in [1.54, 1.807) is 26.1 Å². The van der Waals surface area contributed by atoms with Gasteiger partial charge in [0.1, 0.15) is 0 Å². The number of hydrogen-bond acceptors (Lipinski definition) is 6. The molecule has 6 heteroatoms. The van der Waals surface area contributed by atoms with Crippen LogP contribution in [-0.4, -0.2) is 41.3 Å². The van der Waals surface area contributed by atoms with Crippen molar-refractivity contribution in [2.75, 3.05) is 18.5 Å². The minimum Gasteiger partial charge on any atom is -0.458 e. The number of hydrogen-bond donors (Lipinski definition) is 1. The van der Waals surface area contributed by atoms with E-state index in [2.05, 4.69) is 15.3 Å². The van der Waals surface area contributed by atoms with Crippen LogP contribution in [0.1, 0.15) is 37.2 Å². The standard InChI is InChI=1S/C13H19N3O3/c1-9(2)19-12(17)11-5-6-14-13(16-11)15-8-10-4-3-7-18-10/h5-6,9-10H,3-4,7-8H2,1-2H3,(H,14,15,16). The number of anilines is 1. The first kappa shape index (κ1) is 13.7. The summed E-state index contributed by atoms with van der Waals surface area (Å²) in [6, 6.07) is 1.54. The molecule has 104 valence electrons. The lowest BCUT2D eigenvalue weighted by Crippen LogP contribution is -2.20. The van der Waals surface area contributed by atoms with Crippen LogP contribution >= 0.6 is 0 Å². The van der Waals surface area contributed by atoms with E-state index in [1.165, 1.54) is 0 Å². The molecule has 6 nitrogen and oxygen atoms in total. The van der Waals surface area contributed by atoms with Gasteiger partial charge in [-0.05, 0) is 32.8 Å². The molecule has 19 heavy (non-hydrogen) atoms. The summed E-state index contributed by atoms with van der Waals surface area (Å²) < 4.78 is 10.6. The molecule has 1 aliphatic rings. The van der Waals surface area contributed by atoms with Gasteiger partial charge in [0.25, 0.3) is 0 Å². The Balaban J connectivity index is 1.92. The second kappa shape index (κ2) is 6.47. The normalized spacial score (nSPS) is 18.6. The van der Waals surface area contributed by atoms with Gasteiger partial charge in [0.05, 0.1) is 12.2 Å². The fourth-order valence-corrected chi connectivity index (χ4v) is 1.84. The van der Waals surface area contributed by atoms with E-state index in [-0.39, 0.29) is 17.9 Å². The molecule has 0 spiro atoms. The van der Waals surface area contributed by atoms with Crippen LogP contribution in [-0.2, 0) is 9.47 Å². The Morgan fingerprint density at radius 2 is 2.47 bits per heavy atom. The second-order valence-electron chi connectivity index (χ2n) is 4.74. The molecular formula is C13H19N3O3. The number of nitrogens with zero attached hydrogens (tertiary/aromatic N) is 2. The van der Waals surface area contributed by atoms with Crippen molar-refractivity contribution in [2.45, 2.75) is 38.9 Å². The number of aromatic nitrogens is 2. The summed E-state index contributed by atoms with van der Waals surface area (Å²) in [5, 5.41) is 3.08. The van der Waals surface area contributed by atoms with E-state index in [9.17, 15) is 4.79 Å². The third-order valence-corrected chi connectivity index (χ3v) is 2.72.